The van der Waals surface area contributed by atoms with Crippen molar-refractivity contribution in [1.29, 1.82) is 0 Å². The van der Waals surface area contributed by atoms with E-state index in [2.05, 4.69) is 105 Å². The largest absolute Gasteiger partial charge is 0.0616 e. The summed E-state index contributed by atoms with van der Waals surface area (Å²) in [4.78, 5) is 0. The first-order valence-corrected chi connectivity index (χ1v) is 8.68. The van der Waals surface area contributed by atoms with Crippen LogP contribution >= 0.6 is 31.9 Å². The predicted octanol–water partition coefficient (Wildman–Crippen LogP) is 7.19. The Morgan fingerprint density at radius 2 is 1.18 bits per heavy atom. The summed E-state index contributed by atoms with van der Waals surface area (Å²) >= 11 is 7.21. The Labute approximate surface area is 146 Å². The average molecular weight is 412 g/mol. The predicted molar refractivity (Wildman–Crippen MR) is 102 cm³/mol. The van der Waals surface area contributed by atoms with Crippen LogP contribution < -0.4 is 0 Å². The molecule has 4 aromatic carbocycles. The first-order chi connectivity index (χ1) is 10.7. The van der Waals surface area contributed by atoms with Gasteiger partial charge >= 0.3 is 0 Å². The summed E-state index contributed by atoms with van der Waals surface area (Å²) in [5.41, 5.74) is 2.53. The molecule has 0 spiro atoms. The minimum Gasteiger partial charge on any atom is -0.0616 e. The van der Waals surface area contributed by atoms with Crippen molar-refractivity contribution >= 4 is 53.4 Å². The molecule has 0 N–H and O–H groups in total. The highest BCUT2D eigenvalue weighted by Crippen LogP contribution is 2.36. The fourth-order valence-electron chi connectivity index (χ4n) is 2.99. The Morgan fingerprint density at radius 3 is 2.05 bits per heavy atom. The van der Waals surface area contributed by atoms with Crippen LogP contribution in [-0.2, 0) is 0 Å². The molecule has 0 aliphatic rings. The molecular weight excluding hydrogens is 400 g/mol. The lowest BCUT2D eigenvalue weighted by atomic mass is 9.94. The molecule has 0 radical (unpaired) electrons. The van der Waals surface area contributed by atoms with E-state index in [0.717, 1.165) is 8.95 Å². The number of rotatable bonds is 1. The Morgan fingerprint density at radius 1 is 0.500 bits per heavy atom. The molecule has 4 rings (SSSR count). The third-order valence-corrected chi connectivity index (χ3v) is 4.91. The quantitative estimate of drug-likeness (QED) is 0.311. The summed E-state index contributed by atoms with van der Waals surface area (Å²) in [7, 11) is 0. The van der Waals surface area contributed by atoms with E-state index in [0.29, 0.717) is 0 Å². The molecule has 0 aliphatic heterocycles. The van der Waals surface area contributed by atoms with E-state index in [9.17, 15) is 0 Å². The highest BCUT2D eigenvalue weighted by Gasteiger charge is 2.09. The minimum absolute atomic E-state index is 1.11. The van der Waals surface area contributed by atoms with Gasteiger partial charge in [0, 0.05) is 8.95 Å². The van der Waals surface area contributed by atoms with Gasteiger partial charge in [-0.3, -0.25) is 0 Å². The lowest BCUT2D eigenvalue weighted by Crippen LogP contribution is -1.85. The minimum atomic E-state index is 1.11. The van der Waals surface area contributed by atoms with Gasteiger partial charge in [0.05, 0.1) is 0 Å². The van der Waals surface area contributed by atoms with E-state index in [4.69, 9.17) is 0 Å². The Balaban J connectivity index is 2.12. The van der Waals surface area contributed by atoms with Gasteiger partial charge in [0.15, 0.2) is 0 Å². The van der Waals surface area contributed by atoms with Gasteiger partial charge in [0.1, 0.15) is 0 Å². The lowest BCUT2D eigenvalue weighted by Gasteiger charge is -2.11. The number of fused-ring (bicyclic) bond motifs is 2. The van der Waals surface area contributed by atoms with Crippen LogP contribution in [0.15, 0.2) is 81.7 Å². The second kappa shape index (κ2) is 5.53. The monoisotopic (exact) mass is 410 g/mol. The van der Waals surface area contributed by atoms with Gasteiger partial charge in [-0.2, -0.15) is 0 Å². The first kappa shape index (κ1) is 14.0. The molecular formula is C20H12Br2. The van der Waals surface area contributed by atoms with E-state index in [1.165, 1.54) is 32.7 Å². The molecule has 4 aromatic rings. The lowest BCUT2D eigenvalue weighted by molar-refractivity contribution is 1.65. The van der Waals surface area contributed by atoms with Crippen LogP contribution in [-0.4, -0.2) is 0 Å². The van der Waals surface area contributed by atoms with Gasteiger partial charge < -0.3 is 0 Å². The molecule has 0 bridgehead atoms. The van der Waals surface area contributed by atoms with Gasteiger partial charge in [-0.25, -0.2) is 0 Å². The van der Waals surface area contributed by atoms with Crippen molar-refractivity contribution in [1.82, 2.24) is 0 Å². The smallest absolute Gasteiger partial charge is 0.0187 e. The second-order valence-corrected chi connectivity index (χ2v) is 7.18. The maximum atomic E-state index is 3.65. The molecule has 2 heteroatoms. The highest BCUT2D eigenvalue weighted by molar-refractivity contribution is 9.10. The Bertz CT molecular complexity index is 1000. The van der Waals surface area contributed by atoms with Crippen molar-refractivity contribution in [2.75, 3.05) is 0 Å². The van der Waals surface area contributed by atoms with E-state index >= 15 is 0 Å². The van der Waals surface area contributed by atoms with Crippen molar-refractivity contribution in [2.24, 2.45) is 0 Å². The molecule has 0 saturated carbocycles. The number of hydrogen-bond acceptors (Lipinski definition) is 0. The van der Waals surface area contributed by atoms with E-state index < -0.39 is 0 Å². The molecule has 0 fully saturated rings. The molecule has 0 heterocycles. The van der Waals surface area contributed by atoms with Gasteiger partial charge in [-0.05, 0) is 56.9 Å². The van der Waals surface area contributed by atoms with Crippen LogP contribution in [0.4, 0.5) is 0 Å². The van der Waals surface area contributed by atoms with Gasteiger partial charge in [-0.15, -0.1) is 0 Å². The first-order valence-electron chi connectivity index (χ1n) is 7.09. The highest BCUT2D eigenvalue weighted by atomic mass is 79.9. The third kappa shape index (κ3) is 2.37. The molecule has 0 atom stereocenters. The van der Waals surface area contributed by atoms with Crippen LogP contribution in [0, 0.1) is 0 Å². The average Bonchev–Trinajstić information content (AvgIpc) is 2.53. The van der Waals surface area contributed by atoms with E-state index in [1.54, 1.807) is 0 Å². The molecule has 106 valence electrons. The number of hydrogen-bond donors (Lipinski definition) is 0. The summed E-state index contributed by atoms with van der Waals surface area (Å²) < 4.78 is 2.21. The van der Waals surface area contributed by atoms with Crippen LogP contribution in [0.25, 0.3) is 32.7 Å². The Kier molecular flexibility index (Phi) is 3.51. The number of halogens is 2. The Hall–Kier alpha value is -1.64. The van der Waals surface area contributed by atoms with E-state index in [1.807, 2.05) is 0 Å². The summed E-state index contributed by atoms with van der Waals surface area (Å²) in [6, 6.07) is 25.8. The zero-order valence-corrected chi connectivity index (χ0v) is 14.9. The van der Waals surface area contributed by atoms with Gasteiger partial charge in [0.25, 0.3) is 0 Å². The molecule has 0 nitrogen and oxygen atoms in total. The summed E-state index contributed by atoms with van der Waals surface area (Å²) in [6.45, 7) is 0. The fraction of sp³-hybridized carbons (Fsp3) is 0. The second-order valence-electron chi connectivity index (χ2n) is 5.35. The van der Waals surface area contributed by atoms with Crippen molar-refractivity contribution in [3.63, 3.8) is 0 Å². The van der Waals surface area contributed by atoms with Crippen LogP contribution in [0.5, 0.6) is 0 Å². The fourth-order valence-corrected chi connectivity index (χ4v) is 3.84. The van der Waals surface area contributed by atoms with Crippen molar-refractivity contribution < 1.29 is 0 Å². The normalized spacial score (nSPS) is 11.2. The zero-order chi connectivity index (χ0) is 15.1. The summed E-state index contributed by atoms with van der Waals surface area (Å²) in [5, 5.41) is 5.05. The molecule has 0 saturated heterocycles. The van der Waals surface area contributed by atoms with Crippen LogP contribution in [0.2, 0.25) is 0 Å². The standard InChI is InChI=1S/C20H12Br2/c21-15-8-9-18-14(10-15)5-3-7-19(18)20-12-16(22)11-13-4-1-2-6-17(13)20/h1-12H. The van der Waals surface area contributed by atoms with Gasteiger partial charge in [-0.1, -0.05) is 80.4 Å². The zero-order valence-electron chi connectivity index (χ0n) is 11.7. The van der Waals surface area contributed by atoms with Crippen molar-refractivity contribution in [3.05, 3.63) is 81.7 Å². The summed E-state index contributed by atoms with van der Waals surface area (Å²) in [6.07, 6.45) is 0. The maximum Gasteiger partial charge on any atom is 0.0187 e. The molecule has 0 unspecified atom stereocenters. The summed E-state index contributed by atoms with van der Waals surface area (Å²) in [5.74, 6) is 0. The SMILES string of the molecule is Brc1ccc2c(-c3cc(Br)cc4ccccc34)cccc2c1. The van der Waals surface area contributed by atoms with Crippen LogP contribution in [0.3, 0.4) is 0 Å². The molecule has 0 aliphatic carbocycles. The third-order valence-electron chi connectivity index (χ3n) is 3.96. The molecule has 22 heavy (non-hydrogen) atoms. The van der Waals surface area contributed by atoms with Crippen molar-refractivity contribution in [2.45, 2.75) is 0 Å². The molecule has 0 amide bonds. The number of benzene rings is 4. The van der Waals surface area contributed by atoms with E-state index in [-0.39, 0.29) is 0 Å². The van der Waals surface area contributed by atoms with Crippen LogP contribution in [0.1, 0.15) is 0 Å². The van der Waals surface area contributed by atoms with Gasteiger partial charge in [0.2, 0.25) is 0 Å². The molecule has 0 aromatic heterocycles. The topological polar surface area (TPSA) is 0 Å². The maximum absolute atomic E-state index is 3.65. The van der Waals surface area contributed by atoms with Crippen molar-refractivity contribution in [3.8, 4) is 11.1 Å².